The Morgan fingerprint density at radius 3 is 2.37 bits per heavy atom. The molecule has 2 aromatic heterocycles. The van der Waals surface area contributed by atoms with E-state index < -0.39 is 5.91 Å². The van der Waals surface area contributed by atoms with Crippen LogP contribution in [-0.2, 0) is 9.59 Å². The molecular formula is C28H29N7O3. The first-order valence-electron chi connectivity index (χ1n) is 12.7. The van der Waals surface area contributed by atoms with Crippen molar-refractivity contribution < 1.29 is 14.4 Å². The second-order valence-corrected chi connectivity index (χ2v) is 9.74. The fraction of sp³-hybridized carbons (Fsp3) is 0.286. The third-order valence-corrected chi connectivity index (χ3v) is 6.78. The first kappa shape index (κ1) is 25.1. The minimum Gasteiger partial charge on any atom is -0.398 e. The van der Waals surface area contributed by atoms with E-state index in [1.807, 2.05) is 0 Å². The monoisotopic (exact) mass is 511 g/mol. The minimum atomic E-state index is -0.664. The molecule has 2 heterocycles. The van der Waals surface area contributed by atoms with Crippen molar-refractivity contribution in [3.8, 4) is 11.1 Å². The van der Waals surface area contributed by atoms with Gasteiger partial charge in [-0.1, -0.05) is 18.9 Å². The molecule has 0 bridgehead atoms. The lowest BCUT2D eigenvalue weighted by atomic mass is 10.00. The molecule has 38 heavy (non-hydrogen) atoms. The zero-order valence-electron chi connectivity index (χ0n) is 20.8. The van der Waals surface area contributed by atoms with Gasteiger partial charge in [0.25, 0.3) is 11.8 Å². The normalized spacial score (nSPS) is 15.1. The molecule has 2 aliphatic carbocycles. The summed E-state index contributed by atoms with van der Waals surface area (Å²) in [6.45, 7) is 0. The highest BCUT2D eigenvalue weighted by atomic mass is 16.2. The predicted molar refractivity (Wildman–Crippen MR) is 145 cm³/mol. The molecule has 10 nitrogen and oxygen atoms in total. The Morgan fingerprint density at radius 2 is 1.66 bits per heavy atom. The van der Waals surface area contributed by atoms with Crippen LogP contribution in [-0.4, -0.2) is 39.4 Å². The molecule has 2 saturated carbocycles. The molecule has 0 atom stereocenters. The number of rotatable bonds is 8. The van der Waals surface area contributed by atoms with Gasteiger partial charge in [0.2, 0.25) is 5.91 Å². The van der Waals surface area contributed by atoms with Crippen LogP contribution in [0.25, 0.3) is 11.1 Å². The standard InChI is InChI=1S/C28H29N7O3/c29-23-9-7-17(18-11-21(14-31-13-18)35-26(36)16-5-6-16)12-22(23)25(30)28(38)34-20-8-10-24(32-15-20)27(37)33-19-3-1-2-4-19/h7-16,19,30H,1-6,29H2,(H,33,37)(H,34,38)(H,35,36). The topological polar surface area (TPSA) is 163 Å². The summed E-state index contributed by atoms with van der Waals surface area (Å²) in [5.74, 6) is -0.848. The lowest BCUT2D eigenvalue weighted by molar-refractivity contribution is -0.117. The van der Waals surface area contributed by atoms with E-state index >= 15 is 0 Å². The van der Waals surface area contributed by atoms with Crippen LogP contribution >= 0.6 is 0 Å². The molecule has 0 spiro atoms. The maximum Gasteiger partial charge on any atom is 0.274 e. The Morgan fingerprint density at radius 1 is 0.868 bits per heavy atom. The lowest BCUT2D eigenvalue weighted by Crippen LogP contribution is -2.33. The number of nitrogens with two attached hydrogens (primary N) is 1. The van der Waals surface area contributed by atoms with Gasteiger partial charge < -0.3 is 21.7 Å². The molecule has 0 aliphatic heterocycles. The summed E-state index contributed by atoms with van der Waals surface area (Å²) in [4.78, 5) is 45.7. The SMILES string of the molecule is N=C(C(=O)Nc1ccc(C(=O)NC2CCCC2)nc1)c1cc(-c2cncc(NC(=O)C3CC3)c2)ccc1N. The highest BCUT2D eigenvalue weighted by molar-refractivity contribution is 6.48. The maximum atomic E-state index is 12.8. The number of hydrogen-bond acceptors (Lipinski definition) is 7. The number of anilines is 3. The van der Waals surface area contributed by atoms with Crippen LogP contribution in [0, 0.1) is 11.3 Å². The number of nitrogens with one attached hydrogen (secondary N) is 4. The number of benzene rings is 1. The summed E-state index contributed by atoms with van der Waals surface area (Å²) in [5, 5.41) is 17.0. The van der Waals surface area contributed by atoms with Gasteiger partial charge in [0, 0.05) is 35.0 Å². The van der Waals surface area contributed by atoms with Gasteiger partial charge in [-0.25, -0.2) is 4.98 Å². The van der Waals surface area contributed by atoms with E-state index in [0.717, 1.165) is 38.5 Å². The van der Waals surface area contributed by atoms with E-state index in [1.165, 1.54) is 6.20 Å². The number of nitrogen functional groups attached to an aromatic ring is 1. The number of carbonyl (C=O) groups excluding carboxylic acids is 3. The van der Waals surface area contributed by atoms with E-state index in [9.17, 15) is 14.4 Å². The van der Waals surface area contributed by atoms with Gasteiger partial charge in [-0.15, -0.1) is 0 Å². The van der Waals surface area contributed by atoms with Crippen molar-refractivity contribution in [2.45, 2.75) is 44.6 Å². The molecule has 10 heteroatoms. The van der Waals surface area contributed by atoms with Crippen molar-refractivity contribution in [3.05, 3.63) is 66.2 Å². The Hall–Kier alpha value is -4.60. The Kier molecular flexibility index (Phi) is 7.12. The van der Waals surface area contributed by atoms with Crippen molar-refractivity contribution >= 4 is 40.5 Å². The third-order valence-electron chi connectivity index (χ3n) is 6.78. The van der Waals surface area contributed by atoms with Crippen LogP contribution in [0.15, 0.2) is 55.0 Å². The Balaban J connectivity index is 1.25. The molecule has 3 amide bonds. The molecule has 2 aliphatic rings. The zero-order valence-corrected chi connectivity index (χ0v) is 20.8. The number of hydrogen-bond donors (Lipinski definition) is 5. The Labute approximate surface area is 220 Å². The van der Waals surface area contributed by atoms with E-state index in [4.69, 9.17) is 11.1 Å². The highest BCUT2D eigenvalue weighted by Crippen LogP contribution is 2.31. The molecule has 3 aromatic rings. The number of carbonyl (C=O) groups is 3. The Bertz CT molecular complexity index is 1390. The average Bonchev–Trinajstić information content (AvgIpc) is 3.66. The summed E-state index contributed by atoms with van der Waals surface area (Å²) in [6, 6.07) is 10.1. The zero-order chi connectivity index (χ0) is 26.6. The van der Waals surface area contributed by atoms with Crippen LogP contribution in [0.3, 0.4) is 0 Å². The van der Waals surface area contributed by atoms with Crippen molar-refractivity contribution in [1.29, 1.82) is 5.41 Å². The van der Waals surface area contributed by atoms with Crippen LogP contribution < -0.4 is 21.7 Å². The molecule has 0 unspecified atom stereocenters. The quantitative estimate of drug-likeness (QED) is 0.228. The van der Waals surface area contributed by atoms with Gasteiger partial charge in [0.1, 0.15) is 11.4 Å². The molecule has 2 fully saturated rings. The second-order valence-electron chi connectivity index (χ2n) is 9.74. The highest BCUT2D eigenvalue weighted by Gasteiger charge is 2.29. The fourth-order valence-corrected chi connectivity index (χ4v) is 4.46. The van der Waals surface area contributed by atoms with Crippen molar-refractivity contribution in [2.24, 2.45) is 5.92 Å². The van der Waals surface area contributed by atoms with E-state index in [1.54, 1.807) is 48.8 Å². The second kappa shape index (κ2) is 10.8. The average molecular weight is 512 g/mol. The van der Waals surface area contributed by atoms with Crippen LogP contribution in [0.5, 0.6) is 0 Å². The van der Waals surface area contributed by atoms with Crippen molar-refractivity contribution in [3.63, 3.8) is 0 Å². The van der Waals surface area contributed by atoms with Crippen molar-refractivity contribution in [1.82, 2.24) is 15.3 Å². The predicted octanol–water partition coefficient (Wildman–Crippen LogP) is 3.75. The van der Waals surface area contributed by atoms with Gasteiger partial charge in [-0.2, -0.15) is 0 Å². The number of nitrogens with zero attached hydrogens (tertiary/aromatic N) is 2. The molecule has 0 saturated heterocycles. The third kappa shape index (κ3) is 5.86. The molecular weight excluding hydrogens is 482 g/mol. The summed E-state index contributed by atoms with van der Waals surface area (Å²) in [5.41, 5.74) is 8.93. The van der Waals surface area contributed by atoms with Crippen molar-refractivity contribution in [2.75, 3.05) is 16.4 Å². The van der Waals surface area contributed by atoms with Gasteiger partial charge in [0.15, 0.2) is 0 Å². The summed E-state index contributed by atoms with van der Waals surface area (Å²) in [7, 11) is 0. The van der Waals surface area contributed by atoms with Gasteiger partial charge in [-0.3, -0.25) is 24.8 Å². The van der Waals surface area contributed by atoms with E-state index in [-0.39, 0.29) is 46.4 Å². The van der Waals surface area contributed by atoms with Crippen LogP contribution in [0.1, 0.15) is 54.6 Å². The smallest absolute Gasteiger partial charge is 0.274 e. The first-order valence-corrected chi connectivity index (χ1v) is 12.7. The summed E-state index contributed by atoms with van der Waals surface area (Å²) in [6.07, 6.45) is 10.6. The minimum absolute atomic E-state index is 0.0163. The maximum absolute atomic E-state index is 12.8. The number of aromatic nitrogens is 2. The first-order chi connectivity index (χ1) is 18.4. The molecule has 6 N–H and O–H groups in total. The fourth-order valence-electron chi connectivity index (χ4n) is 4.46. The van der Waals surface area contributed by atoms with Gasteiger partial charge in [0.05, 0.1) is 23.8 Å². The summed E-state index contributed by atoms with van der Waals surface area (Å²) < 4.78 is 0. The van der Waals surface area contributed by atoms with Crippen LogP contribution in [0.2, 0.25) is 0 Å². The van der Waals surface area contributed by atoms with Gasteiger partial charge >= 0.3 is 0 Å². The van der Waals surface area contributed by atoms with E-state index in [0.29, 0.717) is 22.5 Å². The van der Waals surface area contributed by atoms with Crippen LogP contribution in [0.4, 0.5) is 17.1 Å². The molecule has 5 rings (SSSR count). The van der Waals surface area contributed by atoms with Gasteiger partial charge in [-0.05, 0) is 61.6 Å². The largest absolute Gasteiger partial charge is 0.398 e. The number of pyridine rings is 2. The molecule has 0 radical (unpaired) electrons. The number of amides is 3. The lowest BCUT2D eigenvalue weighted by Gasteiger charge is -2.13. The molecule has 194 valence electrons. The van der Waals surface area contributed by atoms with E-state index in [2.05, 4.69) is 25.9 Å². The summed E-state index contributed by atoms with van der Waals surface area (Å²) >= 11 is 0. The molecule has 1 aromatic carbocycles.